The maximum Gasteiger partial charge on any atom is 0.524 e. The lowest BCUT2D eigenvalue weighted by Gasteiger charge is -2.35. The molecule has 1 aromatic heterocycles. The summed E-state index contributed by atoms with van der Waals surface area (Å²) in [5, 5.41) is 15.7. The summed E-state index contributed by atoms with van der Waals surface area (Å²) in [6.07, 6.45) is 0.926. The third kappa shape index (κ3) is 5.14. The first-order chi connectivity index (χ1) is 16.1. The van der Waals surface area contributed by atoms with E-state index in [9.17, 15) is 23.1 Å². The molecule has 1 unspecified atom stereocenters. The minimum absolute atomic E-state index is 0.0199. The number of thioether (sulfide) groups is 1. The van der Waals surface area contributed by atoms with E-state index in [1.807, 2.05) is 0 Å². The van der Waals surface area contributed by atoms with Crippen molar-refractivity contribution in [2.75, 3.05) is 11.6 Å². The number of phosphoric ester groups is 1. The van der Waals surface area contributed by atoms with Crippen LogP contribution in [0.5, 0.6) is 5.75 Å². The van der Waals surface area contributed by atoms with Crippen LogP contribution in [0.4, 0.5) is 13.9 Å². The Balaban J connectivity index is 1.88. The molecule has 0 saturated carbocycles. The molecule has 2 heterocycles. The fourth-order valence-corrected chi connectivity index (χ4v) is 6.06. The average Bonchev–Trinajstić information content (AvgIpc) is 3.37. The number of rotatable bonds is 8. The standard InChI is InChI=1S/C20H20F2N5O4PS2/c1-12-24-25-19(33-12)27-20(8-3-9-23,13-4-2-5-15(10-13)31-32(28,29)30)34-18(26-27)16-11-14(21)6-7-17(16)22/h2,4-7,10-11H,3,8-9,23H2,1H3,(H2,28,29,30). The molecular formula is C20H20F2N5O4PS2. The van der Waals surface area contributed by atoms with Crippen molar-refractivity contribution < 1.29 is 27.7 Å². The third-order valence-electron chi connectivity index (χ3n) is 4.88. The summed E-state index contributed by atoms with van der Waals surface area (Å²) in [6.45, 7) is 2.12. The highest BCUT2D eigenvalue weighted by Crippen LogP contribution is 2.53. The van der Waals surface area contributed by atoms with Crippen molar-refractivity contribution in [1.82, 2.24) is 10.2 Å². The first kappa shape index (κ1) is 24.7. The number of nitrogens with two attached hydrogens (primary N) is 1. The molecule has 0 aliphatic carbocycles. The van der Waals surface area contributed by atoms with Crippen LogP contribution >= 0.6 is 30.9 Å². The molecule has 14 heteroatoms. The Kier molecular flexibility index (Phi) is 7.04. The van der Waals surface area contributed by atoms with Crippen LogP contribution in [0.3, 0.4) is 0 Å². The average molecular weight is 528 g/mol. The lowest BCUT2D eigenvalue weighted by Crippen LogP contribution is -2.38. The van der Waals surface area contributed by atoms with Crippen LogP contribution in [0.2, 0.25) is 0 Å². The molecule has 4 rings (SSSR count). The van der Waals surface area contributed by atoms with Gasteiger partial charge in [-0.1, -0.05) is 35.2 Å². The zero-order valence-corrected chi connectivity index (χ0v) is 20.3. The van der Waals surface area contributed by atoms with Gasteiger partial charge in [0.25, 0.3) is 0 Å². The molecule has 3 aromatic rings. The van der Waals surface area contributed by atoms with Crippen LogP contribution in [-0.2, 0) is 9.44 Å². The lowest BCUT2D eigenvalue weighted by atomic mass is 10.00. The lowest BCUT2D eigenvalue weighted by molar-refractivity contribution is 0.283. The minimum Gasteiger partial charge on any atom is -0.404 e. The van der Waals surface area contributed by atoms with E-state index in [2.05, 4.69) is 15.3 Å². The quantitative estimate of drug-likeness (QED) is 0.370. The van der Waals surface area contributed by atoms with E-state index < -0.39 is 24.3 Å². The van der Waals surface area contributed by atoms with Gasteiger partial charge < -0.3 is 10.3 Å². The fourth-order valence-electron chi connectivity index (χ4n) is 3.49. The summed E-state index contributed by atoms with van der Waals surface area (Å²) in [5.74, 6) is -1.32. The number of aromatic nitrogens is 2. The molecule has 0 fully saturated rings. The van der Waals surface area contributed by atoms with E-state index in [1.165, 1.54) is 35.2 Å². The van der Waals surface area contributed by atoms with Gasteiger partial charge in [-0.05, 0) is 62.2 Å². The summed E-state index contributed by atoms with van der Waals surface area (Å²) < 4.78 is 44.8. The highest BCUT2D eigenvalue weighted by molar-refractivity contribution is 8.15. The van der Waals surface area contributed by atoms with Crippen LogP contribution < -0.4 is 15.3 Å². The number of phosphoric acid groups is 1. The Morgan fingerprint density at radius 2 is 2.00 bits per heavy atom. The summed E-state index contributed by atoms with van der Waals surface area (Å²) in [5.41, 5.74) is 6.34. The van der Waals surface area contributed by atoms with Crippen molar-refractivity contribution in [3.63, 3.8) is 0 Å². The van der Waals surface area contributed by atoms with Gasteiger partial charge in [-0.2, -0.15) is 5.10 Å². The summed E-state index contributed by atoms with van der Waals surface area (Å²) in [6, 6.07) is 9.32. The number of halogens is 2. The van der Waals surface area contributed by atoms with E-state index in [-0.39, 0.29) is 16.4 Å². The van der Waals surface area contributed by atoms with E-state index in [4.69, 9.17) is 10.3 Å². The number of hydrazone groups is 1. The SMILES string of the molecule is Cc1nnc(N2N=C(c3cc(F)ccc3F)SC2(CCCN)c2cccc(OP(=O)(O)O)c2)s1. The molecule has 9 nitrogen and oxygen atoms in total. The van der Waals surface area contributed by atoms with E-state index >= 15 is 0 Å². The molecule has 34 heavy (non-hydrogen) atoms. The monoisotopic (exact) mass is 527 g/mol. The number of aryl methyl sites for hydroxylation is 1. The number of nitrogens with zero attached hydrogens (tertiary/aromatic N) is 4. The van der Waals surface area contributed by atoms with Gasteiger partial charge >= 0.3 is 7.82 Å². The molecule has 0 amide bonds. The fraction of sp³-hybridized carbons (Fsp3) is 0.250. The normalized spacial score (nSPS) is 18.3. The molecule has 0 spiro atoms. The van der Waals surface area contributed by atoms with Crippen molar-refractivity contribution in [2.45, 2.75) is 24.6 Å². The van der Waals surface area contributed by atoms with Crippen molar-refractivity contribution >= 4 is 41.1 Å². The predicted molar refractivity (Wildman–Crippen MR) is 127 cm³/mol. The molecule has 0 radical (unpaired) electrons. The Morgan fingerprint density at radius 3 is 2.68 bits per heavy atom. The van der Waals surface area contributed by atoms with Crippen molar-refractivity contribution in [1.29, 1.82) is 0 Å². The van der Waals surface area contributed by atoms with Crippen LogP contribution in [0.15, 0.2) is 47.6 Å². The Bertz CT molecular complexity index is 1290. The van der Waals surface area contributed by atoms with Crippen LogP contribution in [0.25, 0.3) is 0 Å². The number of hydrogen-bond donors (Lipinski definition) is 3. The van der Waals surface area contributed by atoms with Crippen LogP contribution in [0, 0.1) is 18.6 Å². The zero-order chi connectivity index (χ0) is 24.5. The molecule has 1 aliphatic rings. The molecule has 4 N–H and O–H groups in total. The van der Waals surface area contributed by atoms with Gasteiger partial charge in [0.15, 0.2) is 0 Å². The smallest absolute Gasteiger partial charge is 0.404 e. The largest absolute Gasteiger partial charge is 0.524 e. The van der Waals surface area contributed by atoms with Crippen molar-refractivity contribution in [2.24, 2.45) is 10.8 Å². The molecule has 180 valence electrons. The molecule has 0 saturated heterocycles. The maximum atomic E-state index is 14.7. The second-order valence-electron chi connectivity index (χ2n) is 7.33. The third-order valence-corrected chi connectivity index (χ3v) is 7.59. The van der Waals surface area contributed by atoms with E-state index in [0.29, 0.717) is 35.1 Å². The maximum absolute atomic E-state index is 14.7. The Morgan fingerprint density at radius 1 is 1.21 bits per heavy atom. The number of anilines is 1. The molecular weight excluding hydrogens is 507 g/mol. The summed E-state index contributed by atoms with van der Waals surface area (Å²) in [7, 11) is -4.80. The zero-order valence-electron chi connectivity index (χ0n) is 17.8. The molecule has 1 atom stereocenters. The topological polar surface area (TPSA) is 134 Å². The summed E-state index contributed by atoms with van der Waals surface area (Å²) in [4.78, 5) is 17.5. The van der Waals surface area contributed by atoms with Gasteiger partial charge in [-0.25, -0.2) is 18.4 Å². The van der Waals surface area contributed by atoms with Gasteiger partial charge in [0.1, 0.15) is 32.3 Å². The van der Waals surface area contributed by atoms with Gasteiger partial charge in [-0.3, -0.25) is 9.79 Å². The van der Waals surface area contributed by atoms with Crippen LogP contribution in [-0.4, -0.2) is 31.6 Å². The van der Waals surface area contributed by atoms with Crippen molar-refractivity contribution in [3.8, 4) is 5.75 Å². The molecule has 1 aliphatic heterocycles. The van der Waals surface area contributed by atoms with E-state index in [1.54, 1.807) is 24.1 Å². The van der Waals surface area contributed by atoms with Gasteiger partial charge in [0.05, 0.1) is 0 Å². The first-order valence-corrected chi connectivity index (χ1v) is 13.2. The Hall–Kier alpha value is -2.41. The van der Waals surface area contributed by atoms with Gasteiger partial charge in [0.2, 0.25) is 5.13 Å². The second-order valence-corrected chi connectivity index (χ2v) is 10.9. The van der Waals surface area contributed by atoms with Crippen LogP contribution in [0.1, 0.15) is 29.0 Å². The summed E-state index contributed by atoms with van der Waals surface area (Å²) >= 11 is 2.43. The predicted octanol–water partition coefficient (Wildman–Crippen LogP) is 4.10. The molecule has 0 bridgehead atoms. The number of benzene rings is 2. The highest BCUT2D eigenvalue weighted by atomic mass is 32.2. The first-order valence-electron chi connectivity index (χ1n) is 10.0. The molecule has 2 aromatic carbocycles. The van der Waals surface area contributed by atoms with Gasteiger partial charge in [0, 0.05) is 5.56 Å². The minimum atomic E-state index is -4.80. The van der Waals surface area contributed by atoms with Gasteiger partial charge in [-0.15, -0.1) is 10.2 Å². The van der Waals surface area contributed by atoms with E-state index in [0.717, 1.165) is 18.2 Å². The van der Waals surface area contributed by atoms with Crippen molar-refractivity contribution in [3.05, 3.63) is 70.2 Å². The second kappa shape index (κ2) is 9.68. The Labute approximate surface area is 201 Å². The number of hydrogen-bond acceptors (Lipinski definition) is 9. The highest BCUT2D eigenvalue weighted by Gasteiger charge is 2.48.